The van der Waals surface area contributed by atoms with Crippen molar-refractivity contribution in [1.82, 2.24) is 15.0 Å². The van der Waals surface area contributed by atoms with E-state index in [1.54, 1.807) is 0 Å². The van der Waals surface area contributed by atoms with Crippen LogP contribution in [-0.4, -0.2) is 167 Å². The molecule has 12 atom stereocenters. The van der Waals surface area contributed by atoms with Crippen LogP contribution >= 0.6 is 11.8 Å². The number of ether oxygens (including phenoxy) is 5. The summed E-state index contributed by atoms with van der Waals surface area (Å²) >= 11 is 1.25. The summed E-state index contributed by atoms with van der Waals surface area (Å²) in [6, 6.07) is -1.06. The number of rotatable bonds is 32. The van der Waals surface area contributed by atoms with E-state index < -0.39 is 92.6 Å². The van der Waals surface area contributed by atoms with Gasteiger partial charge in [-0.2, -0.15) is 11.8 Å². The van der Waals surface area contributed by atoms with Crippen LogP contribution in [0.25, 0.3) is 0 Å². The molecule has 1 aromatic rings. The molecule has 364 valence electrons. The van der Waals surface area contributed by atoms with Crippen LogP contribution in [-0.2, 0) is 38.1 Å². The van der Waals surface area contributed by atoms with Crippen LogP contribution in [0.4, 0.5) is 5.82 Å². The average molecular weight is 922 g/mol. The van der Waals surface area contributed by atoms with Gasteiger partial charge in [-0.05, 0) is 12.8 Å². The SMILES string of the molecule is CCCCCCCCCCC(=O)OC[C@H](CSC[C@@H](N)C(=O)Nc1cn([C@@H]2OC(CO)C(OC3OC(CO)C(O)C(O)C3O)C(O)C2O)nn1)OC(=O)CCCCCCCCCC. The summed E-state index contributed by atoms with van der Waals surface area (Å²) in [5.41, 5.74) is 6.19. The molecule has 3 rings (SSSR count). The Bertz CT molecular complexity index is 1430. The Kier molecular flexibility index (Phi) is 26.6. The van der Waals surface area contributed by atoms with Crippen LogP contribution in [0.1, 0.15) is 136 Å². The van der Waals surface area contributed by atoms with E-state index in [4.69, 9.17) is 29.4 Å². The van der Waals surface area contributed by atoms with Gasteiger partial charge in [-0.3, -0.25) is 14.4 Å². The van der Waals surface area contributed by atoms with Crippen molar-refractivity contribution in [2.75, 3.05) is 36.6 Å². The number of aliphatic hydroxyl groups is 7. The summed E-state index contributed by atoms with van der Waals surface area (Å²) in [4.78, 5) is 38.4. The maximum absolute atomic E-state index is 13.1. The Hall–Kier alpha value is -2.54. The van der Waals surface area contributed by atoms with Crippen molar-refractivity contribution in [2.45, 2.75) is 203 Å². The maximum atomic E-state index is 13.1. The fraction of sp³-hybridized carbons (Fsp3) is 0.881. The topological polar surface area (TPSA) is 308 Å². The monoisotopic (exact) mass is 921 g/mol. The fourth-order valence-corrected chi connectivity index (χ4v) is 8.26. The summed E-state index contributed by atoms with van der Waals surface area (Å²) in [5, 5.41) is 82.3. The molecule has 0 saturated carbocycles. The van der Waals surface area contributed by atoms with Gasteiger partial charge in [0, 0.05) is 24.3 Å². The molecule has 10 N–H and O–H groups in total. The number of aromatic nitrogens is 3. The molecule has 63 heavy (non-hydrogen) atoms. The van der Waals surface area contributed by atoms with Crippen molar-refractivity contribution >= 4 is 35.4 Å². The highest BCUT2D eigenvalue weighted by atomic mass is 32.2. The zero-order chi connectivity index (χ0) is 46.1. The van der Waals surface area contributed by atoms with Gasteiger partial charge in [-0.1, -0.05) is 109 Å². The maximum Gasteiger partial charge on any atom is 0.306 e. The minimum atomic E-state index is -1.82. The number of amides is 1. The quantitative estimate of drug-likeness (QED) is 0.0366. The molecule has 9 unspecified atom stereocenters. The number of hydrogen-bond donors (Lipinski definition) is 9. The van der Waals surface area contributed by atoms with Gasteiger partial charge in [0.05, 0.1) is 25.5 Å². The van der Waals surface area contributed by atoms with Crippen molar-refractivity contribution < 1.29 is 73.8 Å². The first-order valence-electron chi connectivity index (χ1n) is 22.8. The normalized spacial score (nSPS) is 27.1. The summed E-state index contributed by atoms with van der Waals surface area (Å²) in [6.07, 6.45) is 2.32. The van der Waals surface area contributed by atoms with E-state index in [0.717, 1.165) is 49.6 Å². The molecule has 0 aromatic carbocycles. The van der Waals surface area contributed by atoms with Gasteiger partial charge in [0.2, 0.25) is 5.91 Å². The van der Waals surface area contributed by atoms with E-state index in [1.165, 1.54) is 69.3 Å². The van der Waals surface area contributed by atoms with Crippen LogP contribution in [0.5, 0.6) is 0 Å². The second-order valence-corrected chi connectivity index (χ2v) is 17.6. The average Bonchev–Trinajstić information content (AvgIpc) is 3.74. The lowest BCUT2D eigenvalue weighted by Gasteiger charge is -2.45. The lowest BCUT2D eigenvalue weighted by molar-refractivity contribution is -0.347. The molecule has 0 bridgehead atoms. The number of carbonyl (C=O) groups is 3. The summed E-state index contributed by atoms with van der Waals surface area (Å²) in [6.45, 7) is 2.77. The zero-order valence-corrected chi connectivity index (χ0v) is 37.8. The fourth-order valence-electron chi connectivity index (χ4n) is 7.29. The first-order valence-corrected chi connectivity index (χ1v) is 24.0. The molecule has 2 aliphatic rings. The van der Waals surface area contributed by atoms with Gasteiger partial charge in [-0.25, -0.2) is 4.68 Å². The van der Waals surface area contributed by atoms with E-state index in [1.807, 2.05) is 0 Å². The number of unbranched alkanes of at least 4 members (excludes halogenated alkanes) is 14. The molecule has 0 spiro atoms. The smallest absolute Gasteiger partial charge is 0.306 e. The largest absolute Gasteiger partial charge is 0.462 e. The van der Waals surface area contributed by atoms with Crippen LogP contribution in [0.2, 0.25) is 0 Å². The van der Waals surface area contributed by atoms with E-state index in [9.17, 15) is 50.1 Å². The van der Waals surface area contributed by atoms with Gasteiger partial charge < -0.3 is 70.5 Å². The molecule has 1 aromatic heterocycles. The number of nitrogens with one attached hydrogen (secondary N) is 1. The number of aliphatic hydroxyl groups excluding tert-OH is 7. The van der Waals surface area contributed by atoms with Crippen molar-refractivity contribution in [3.05, 3.63) is 6.20 Å². The van der Waals surface area contributed by atoms with Gasteiger partial charge in [0.1, 0.15) is 61.5 Å². The first-order chi connectivity index (χ1) is 30.3. The third-order valence-corrected chi connectivity index (χ3v) is 12.3. The number of nitrogens with two attached hydrogens (primary N) is 1. The molecule has 0 aliphatic carbocycles. The Morgan fingerprint density at radius 1 is 0.746 bits per heavy atom. The summed E-state index contributed by atoms with van der Waals surface area (Å²) in [7, 11) is 0. The van der Waals surface area contributed by atoms with Gasteiger partial charge in [0.25, 0.3) is 0 Å². The molecule has 0 radical (unpaired) electrons. The lowest BCUT2D eigenvalue weighted by atomic mass is 9.96. The van der Waals surface area contributed by atoms with Crippen molar-refractivity contribution in [3.8, 4) is 0 Å². The van der Waals surface area contributed by atoms with Crippen LogP contribution in [0.15, 0.2) is 6.20 Å². The number of thioether (sulfide) groups is 1. The standard InChI is InChI=1S/C42H75N5O15S/c1-3-5-7-9-11-13-15-17-19-32(50)58-24-27(59-33(51)20-18-16-14-12-10-8-6-4-2)25-63-26-28(43)40(57)44-31-21-47(46-45-31)41-37(55)36(54)39(30(23-49)60-41)62-42-38(56)35(53)34(52)29(22-48)61-42/h21,27-30,34-39,41-42,48-49,52-56H,3-20,22-26,43H2,1-2H3,(H,44,57)/t27-,28-,29?,30?,34?,35?,36?,37?,38?,39?,41-,42?/m1/s1. The second kappa shape index (κ2) is 30.6. The van der Waals surface area contributed by atoms with Crippen molar-refractivity contribution in [1.29, 1.82) is 0 Å². The molecule has 21 heteroatoms. The van der Waals surface area contributed by atoms with Crippen molar-refractivity contribution in [2.24, 2.45) is 5.73 Å². The molecule has 2 aliphatic heterocycles. The first kappa shape index (κ1) is 54.8. The van der Waals surface area contributed by atoms with Crippen LogP contribution < -0.4 is 11.1 Å². The van der Waals surface area contributed by atoms with E-state index in [0.29, 0.717) is 6.42 Å². The number of anilines is 1. The molecule has 2 saturated heterocycles. The third-order valence-electron chi connectivity index (χ3n) is 11.1. The minimum Gasteiger partial charge on any atom is -0.462 e. The third kappa shape index (κ3) is 19.1. The lowest BCUT2D eigenvalue weighted by Crippen LogP contribution is -2.63. The van der Waals surface area contributed by atoms with Gasteiger partial charge >= 0.3 is 11.9 Å². The Morgan fingerprint density at radius 3 is 1.90 bits per heavy atom. The van der Waals surface area contributed by atoms with E-state index in [2.05, 4.69) is 29.5 Å². The number of carbonyl (C=O) groups excluding carboxylic acids is 3. The van der Waals surface area contributed by atoms with E-state index in [-0.39, 0.29) is 48.7 Å². The Labute approximate surface area is 374 Å². The number of hydrogen-bond acceptors (Lipinski definition) is 19. The molecule has 2 fully saturated rings. The number of esters is 2. The molecular weight excluding hydrogens is 847 g/mol. The predicted octanol–water partition coefficient (Wildman–Crippen LogP) is 1.59. The predicted molar refractivity (Wildman–Crippen MR) is 231 cm³/mol. The molecule has 3 heterocycles. The number of nitrogens with zero attached hydrogens (tertiary/aromatic N) is 3. The van der Waals surface area contributed by atoms with Crippen molar-refractivity contribution in [3.63, 3.8) is 0 Å². The minimum absolute atomic E-state index is 0.0813. The van der Waals surface area contributed by atoms with Gasteiger partial charge in [0.15, 0.2) is 18.3 Å². The van der Waals surface area contributed by atoms with Crippen LogP contribution in [0, 0.1) is 0 Å². The molecular formula is C42H75N5O15S. The Morgan fingerprint density at radius 2 is 1.32 bits per heavy atom. The highest BCUT2D eigenvalue weighted by Gasteiger charge is 2.51. The summed E-state index contributed by atoms with van der Waals surface area (Å²) in [5.74, 6) is -1.13. The molecule has 1 amide bonds. The highest BCUT2D eigenvalue weighted by Crippen LogP contribution is 2.33. The second-order valence-electron chi connectivity index (χ2n) is 16.5. The highest BCUT2D eigenvalue weighted by molar-refractivity contribution is 7.99. The van der Waals surface area contributed by atoms with Crippen LogP contribution in [0.3, 0.4) is 0 Å². The Balaban J connectivity index is 1.49. The summed E-state index contributed by atoms with van der Waals surface area (Å²) < 4.78 is 28.9. The zero-order valence-electron chi connectivity index (χ0n) is 37.0. The van der Waals surface area contributed by atoms with E-state index >= 15 is 0 Å². The molecule has 20 nitrogen and oxygen atoms in total. The van der Waals surface area contributed by atoms with Gasteiger partial charge in [-0.15, -0.1) is 5.10 Å².